The van der Waals surface area contributed by atoms with Crippen molar-refractivity contribution in [2.45, 2.75) is 51.4 Å². The minimum absolute atomic E-state index is 0.586. The molecule has 0 nitrogen and oxygen atoms in total. The summed E-state index contributed by atoms with van der Waals surface area (Å²) in [5, 5.41) is 0. The average Bonchev–Trinajstić information content (AvgIpc) is 2.40. The molecule has 2 rings (SSSR count). The van der Waals surface area contributed by atoms with Gasteiger partial charge in [0.15, 0.2) is 0 Å². The first-order chi connectivity index (χ1) is 9.19. The van der Waals surface area contributed by atoms with Crippen molar-refractivity contribution in [3.63, 3.8) is 0 Å². The fourth-order valence-corrected chi connectivity index (χ4v) is 3.18. The van der Waals surface area contributed by atoms with Gasteiger partial charge in [0.05, 0.1) is 0 Å². The first-order valence-electron chi connectivity index (χ1n) is 7.31. The molecule has 2 heteroatoms. The van der Waals surface area contributed by atoms with Gasteiger partial charge in [-0.15, -0.1) is 0 Å². The molecule has 104 valence electrons. The second-order valence-corrected chi connectivity index (χ2v) is 5.61. The van der Waals surface area contributed by atoms with Crippen LogP contribution in [0, 0.1) is 5.92 Å². The summed E-state index contributed by atoms with van der Waals surface area (Å²) in [5.41, 5.74) is 1.90. The molecule has 1 aliphatic rings. The Morgan fingerprint density at radius 3 is 2.26 bits per heavy atom. The first-order valence-corrected chi connectivity index (χ1v) is 7.31. The van der Waals surface area contributed by atoms with E-state index in [1.165, 1.54) is 44.1 Å². The SMILES string of the molecule is CCCC1CCC(c2ccc(C=C(F)F)cc2)CC1. The van der Waals surface area contributed by atoms with Gasteiger partial charge in [0, 0.05) is 6.08 Å². The third-order valence-electron chi connectivity index (χ3n) is 4.23. The molecule has 1 fully saturated rings. The van der Waals surface area contributed by atoms with Gasteiger partial charge in [-0.3, -0.25) is 0 Å². The summed E-state index contributed by atoms with van der Waals surface area (Å²) < 4.78 is 24.3. The van der Waals surface area contributed by atoms with E-state index in [0.717, 1.165) is 12.0 Å². The van der Waals surface area contributed by atoms with Gasteiger partial charge in [-0.2, -0.15) is 8.78 Å². The Kier molecular flexibility index (Phi) is 5.12. The molecule has 0 aliphatic heterocycles. The summed E-state index contributed by atoms with van der Waals surface area (Å²) in [6, 6.07) is 7.62. The lowest BCUT2D eigenvalue weighted by molar-refractivity contribution is 0.308. The third kappa shape index (κ3) is 4.15. The number of hydrogen-bond donors (Lipinski definition) is 0. The molecule has 1 aromatic rings. The van der Waals surface area contributed by atoms with Crippen molar-refractivity contribution in [3.8, 4) is 0 Å². The minimum Gasteiger partial charge on any atom is -0.173 e. The summed E-state index contributed by atoms with van der Waals surface area (Å²) in [6.45, 7) is 2.25. The molecule has 0 N–H and O–H groups in total. The molecule has 0 atom stereocenters. The van der Waals surface area contributed by atoms with E-state index in [9.17, 15) is 8.78 Å². The van der Waals surface area contributed by atoms with Crippen LogP contribution in [0.4, 0.5) is 8.78 Å². The smallest absolute Gasteiger partial charge is 0.173 e. The van der Waals surface area contributed by atoms with Crippen molar-refractivity contribution < 1.29 is 8.78 Å². The molecule has 0 spiro atoms. The van der Waals surface area contributed by atoms with E-state index < -0.39 is 6.08 Å². The summed E-state index contributed by atoms with van der Waals surface area (Å²) >= 11 is 0. The van der Waals surface area contributed by atoms with Gasteiger partial charge in [-0.25, -0.2) is 0 Å². The average molecular weight is 264 g/mol. The zero-order chi connectivity index (χ0) is 13.7. The second kappa shape index (κ2) is 6.83. The summed E-state index contributed by atoms with van der Waals surface area (Å²) in [6.07, 6.45) is 7.06. The summed E-state index contributed by atoms with van der Waals surface area (Å²) in [5.74, 6) is 1.53. The highest BCUT2D eigenvalue weighted by Gasteiger charge is 2.21. The molecular formula is C17H22F2. The predicted molar refractivity (Wildman–Crippen MR) is 76.2 cm³/mol. The van der Waals surface area contributed by atoms with E-state index in [0.29, 0.717) is 11.5 Å². The maximum atomic E-state index is 12.2. The third-order valence-corrected chi connectivity index (χ3v) is 4.23. The van der Waals surface area contributed by atoms with Gasteiger partial charge in [0.1, 0.15) is 0 Å². The van der Waals surface area contributed by atoms with E-state index in [1.807, 2.05) is 12.1 Å². The van der Waals surface area contributed by atoms with E-state index in [2.05, 4.69) is 6.92 Å². The monoisotopic (exact) mass is 264 g/mol. The van der Waals surface area contributed by atoms with Crippen LogP contribution in [-0.4, -0.2) is 0 Å². The highest BCUT2D eigenvalue weighted by Crippen LogP contribution is 2.37. The van der Waals surface area contributed by atoms with Gasteiger partial charge in [0.2, 0.25) is 0 Å². The quantitative estimate of drug-likeness (QED) is 0.625. The molecule has 0 bridgehead atoms. The van der Waals surface area contributed by atoms with Gasteiger partial charge in [-0.1, -0.05) is 44.0 Å². The largest absolute Gasteiger partial charge is 0.270 e. The zero-order valence-electron chi connectivity index (χ0n) is 11.5. The number of rotatable bonds is 4. The maximum absolute atomic E-state index is 12.2. The van der Waals surface area contributed by atoms with Crippen molar-refractivity contribution in [3.05, 3.63) is 41.5 Å². The topological polar surface area (TPSA) is 0 Å². The lowest BCUT2D eigenvalue weighted by atomic mass is 9.77. The Morgan fingerprint density at radius 1 is 1.11 bits per heavy atom. The number of hydrogen-bond acceptors (Lipinski definition) is 0. The van der Waals surface area contributed by atoms with Crippen molar-refractivity contribution in [1.29, 1.82) is 0 Å². The van der Waals surface area contributed by atoms with Crippen LogP contribution in [0.5, 0.6) is 0 Å². The van der Waals surface area contributed by atoms with Crippen molar-refractivity contribution in [2.75, 3.05) is 0 Å². The number of benzene rings is 1. The molecule has 1 saturated carbocycles. The van der Waals surface area contributed by atoms with E-state index in [-0.39, 0.29) is 0 Å². The summed E-state index contributed by atoms with van der Waals surface area (Å²) in [7, 11) is 0. The molecule has 0 saturated heterocycles. The molecule has 0 amide bonds. The standard InChI is InChI=1S/C17H22F2/c1-2-3-13-4-8-15(9-5-13)16-10-6-14(7-11-16)12-17(18)19/h6-7,10-13,15H,2-5,8-9H2,1H3. The first kappa shape index (κ1) is 14.2. The van der Waals surface area contributed by atoms with Gasteiger partial charge >= 0.3 is 0 Å². The van der Waals surface area contributed by atoms with Gasteiger partial charge in [0.25, 0.3) is 6.08 Å². The van der Waals surface area contributed by atoms with Crippen LogP contribution in [0.2, 0.25) is 0 Å². The molecule has 1 aliphatic carbocycles. The van der Waals surface area contributed by atoms with Crippen LogP contribution in [0.15, 0.2) is 30.3 Å². The van der Waals surface area contributed by atoms with Crippen LogP contribution in [0.1, 0.15) is 62.5 Å². The van der Waals surface area contributed by atoms with Crippen LogP contribution in [-0.2, 0) is 0 Å². The Labute approximate surface area is 114 Å². The zero-order valence-corrected chi connectivity index (χ0v) is 11.5. The maximum Gasteiger partial charge on any atom is 0.270 e. The van der Waals surface area contributed by atoms with E-state index >= 15 is 0 Å². The Balaban J connectivity index is 1.94. The van der Waals surface area contributed by atoms with Crippen molar-refractivity contribution in [2.24, 2.45) is 5.92 Å². The molecule has 0 unspecified atom stereocenters. The highest BCUT2D eigenvalue weighted by atomic mass is 19.3. The molecular weight excluding hydrogens is 242 g/mol. The van der Waals surface area contributed by atoms with Crippen LogP contribution in [0.3, 0.4) is 0 Å². The summed E-state index contributed by atoms with van der Waals surface area (Å²) in [4.78, 5) is 0. The van der Waals surface area contributed by atoms with E-state index in [4.69, 9.17) is 0 Å². The molecule has 0 radical (unpaired) electrons. The van der Waals surface area contributed by atoms with Crippen LogP contribution < -0.4 is 0 Å². The number of halogens is 2. The van der Waals surface area contributed by atoms with Crippen molar-refractivity contribution in [1.82, 2.24) is 0 Å². The fraction of sp³-hybridized carbons (Fsp3) is 0.529. The Hall–Kier alpha value is -1.18. The molecule has 1 aromatic carbocycles. The van der Waals surface area contributed by atoms with Gasteiger partial charge < -0.3 is 0 Å². The fourth-order valence-electron chi connectivity index (χ4n) is 3.18. The lowest BCUT2D eigenvalue weighted by Gasteiger charge is -2.28. The lowest BCUT2D eigenvalue weighted by Crippen LogP contribution is -2.13. The molecule has 0 aromatic heterocycles. The highest BCUT2D eigenvalue weighted by molar-refractivity contribution is 5.50. The minimum atomic E-state index is -1.63. The van der Waals surface area contributed by atoms with Gasteiger partial charge in [-0.05, 0) is 48.6 Å². The normalized spacial score (nSPS) is 23.1. The Bertz CT molecular complexity index is 407. The predicted octanol–water partition coefficient (Wildman–Crippen LogP) is 6.00. The molecule has 19 heavy (non-hydrogen) atoms. The van der Waals surface area contributed by atoms with Crippen LogP contribution >= 0.6 is 0 Å². The van der Waals surface area contributed by atoms with Crippen LogP contribution in [0.25, 0.3) is 6.08 Å². The van der Waals surface area contributed by atoms with Crippen molar-refractivity contribution >= 4 is 6.08 Å². The molecule has 0 heterocycles. The Morgan fingerprint density at radius 2 is 1.74 bits per heavy atom. The second-order valence-electron chi connectivity index (χ2n) is 5.61. The van der Waals surface area contributed by atoms with E-state index in [1.54, 1.807) is 12.1 Å².